The topological polar surface area (TPSA) is 168 Å². The van der Waals surface area contributed by atoms with Gasteiger partial charge in [0.05, 0.1) is 22.7 Å². The summed E-state index contributed by atoms with van der Waals surface area (Å²) < 4.78 is 0. The Labute approximate surface area is 183 Å². The standard InChI is InChI=1S/C19H25N5O3S.CH2O2/c1-11-10-28-17(23-11)6-7-21-18(26)12-2-4-14(15(25)8-12)24-19(27)13-3-5-16(20)22-9-13;2-1-3/h3,5,9-10,12,14-15,25H,2,4,6-8H2,1H3,(H2,20,22)(H,21,26)(H,24,27);1H,(H,2,3)/t12-,14-,15-;/m0./s1. The number of pyridine rings is 1. The number of carboxylic acid groups (broad SMARTS) is 1. The summed E-state index contributed by atoms with van der Waals surface area (Å²) in [5.41, 5.74) is 6.90. The highest BCUT2D eigenvalue weighted by Crippen LogP contribution is 2.25. The van der Waals surface area contributed by atoms with Gasteiger partial charge in [0.2, 0.25) is 5.91 Å². The number of nitrogens with two attached hydrogens (primary N) is 1. The molecule has 0 saturated heterocycles. The Morgan fingerprint density at radius 2 is 2.10 bits per heavy atom. The molecule has 1 fully saturated rings. The Morgan fingerprint density at radius 3 is 2.68 bits per heavy atom. The maximum Gasteiger partial charge on any atom is 0.290 e. The first-order chi connectivity index (χ1) is 14.8. The van der Waals surface area contributed by atoms with E-state index >= 15 is 0 Å². The van der Waals surface area contributed by atoms with Crippen LogP contribution in [0, 0.1) is 12.8 Å². The molecule has 2 aromatic rings. The number of aryl methyl sites for hydroxylation is 1. The number of hydrogen-bond donors (Lipinski definition) is 5. The summed E-state index contributed by atoms with van der Waals surface area (Å²) in [4.78, 5) is 41.3. The maximum absolute atomic E-state index is 12.4. The minimum Gasteiger partial charge on any atom is -0.483 e. The summed E-state index contributed by atoms with van der Waals surface area (Å²) in [5, 5.41) is 26.0. The molecule has 2 heterocycles. The molecule has 0 aliphatic heterocycles. The highest BCUT2D eigenvalue weighted by Gasteiger charge is 2.33. The molecule has 0 unspecified atom stereocenters. The molecule has 1 saturated carbocycles. The van der Waals surface area contributed by atoms with Crippen LogP contribution in [0.15, 0.2) is 23.7 Å². The van der Waals surface area contributed by atoms with E-state index in [2.05, 4.69) is 20.6 Å². The molecule has 1 aliphatic rings. The summed E-state index contributed by atoms with van der Waals surface area (Å²) in [7, 11) is 0. The summed E-state index contributed by atoms with van der Waals surface area (Å²) in [6.07, 6.45) is 2.82. The van der Waals surface area contributed by atoms with Crippen molar-refractivity contribution in [1.29, 1.82) is 0 Å². The molecule has 10 nitrogen and oxygen atoms in total. The second kappa shape index (κ2) is 12.0. The number of nitrogens with zero attached hydrogens (tertiary/aromatic N) is 2. The highest BCUT2D eigenvalue weighted by atomic mass is 32.1. The molecule has 0 radical (unpaired) electrons. The van der Waals surface area contributed by atoms with E-state index in [0.29, 0.717) is 43.6 Å². The van der Waals surface area contributed by atoms with Crippen LogP contribution in [0.4, 0.5) is 5.82 Å². The molecular weight excluding hydrogens is 422 g/mol. The number of aromatic nitrogens is 2. The van der Waals surface area contributed by atoms with Gasteiger partial charge in [0.15, 0.2) is 0 Å². The van der Waals surface area contributed by atoms with Gasteiger partial charge in [-0.15, -0.1) is 11.3 Å². The first-order valence-corrected chi connectivity index (χ1v) is 10.7. The van der Waals surface area contributed by atoms with E-state index in [-0.39, 0.29) is 30.2 Å². The number of carbonyl (C=O) groups excluding carboxylic acids is 2. The van der Waals surface area contributed by atoms with Gasteiger partial charge in [-0.05, 0) is 38.3 Å². The zero-order chi connectivity index (χ0) is 22.8. The first kappa shape index (κ1) is 24.2. The number of carbonyl (C=O) groups is 3. The zero-order valence-corrected chi connectivity index (χ0v) is 18.0. The summed E-state index contributed by atoms with van der Waals surface area (Å²) >= 11 is 1.59. The zero-order valence-electron chi connectivity index (χ0n) is 17.2. The summed E-state index contributed by atoms with van der Waals surface area (Å²) in [6, 6.07) is 2.76. The number of amides is 2. The lowest BCUT2D eigenvalue weighted by molar-refractivity contribution is -0.127. The SMILES string of the molecule is Cc1csc(CCNC(=O)[C@H]2CC[C@H](NC(=O)c3ccc(N)nc3)[C@@H](O)C2)n1.O=CO. The van der Waals surface area contributed by atoms with Crippen LogP contribution >= 0.6 is 11.3 Å². The molecule has 0 spiro atoms. The molecule has 2 amide bonds. The number of nitrogens with one attached hydrogen (secondary N) is 2. The van der Waals surface area contributed by atoms with Crippen molar-refractivity contribution in [1.82, 2.24) is 20.6 Å². The minimum absolute atomic E-state index is 0.0557. The van der Waals surface area contributed by atoms with E-state index in [1.807, 2.05) is 12.3 Å². The molecule has 3 atom stereocenters. The van der Waals surface area contributed by atoms with E-state index in [1.54, 1.807) is 23.5 Å². The van der Waals surface area contributed by atoms with Crippen molar-refractivity contribution in [2.75, 3.05) is 12.3 Å². The van der Waals surface area contributed by atoms with Crippen molar-refractivity contribution in [2.45, 2.75) is 44.8 Å². The number of aliphatic hydroxyl groups is 1. The van der Waals surface area contributed by atoms with Crippen LogP contribution in [0.5, 0.6) is 0 Å². The van der Waals surface area contributed by atoms with Crippen LogP contribution in [0.2, 0.25) is 0 Å². The molecule has 1 aliphatic carbocycles. The predicted molar refractivity (Wildman–Crippen MR) is 116 cm³/mol. The van der Waals surface area contributed by atoms with Crippen LogP contribution in [0.1, 0.15) is 40.3 Å². The van der Waals surface area contributed by atoms with Gasteiger partial charge in [0.1, 0.15) is 5.82 Å². The fourth-order valence-electron chi connectivity index (χ4n) is 3.30. The Kier molecular flexibility index (Phi) is 9.35. The lowest BCUT2D eigenvalue weighted by atomic mass is 9.83. The van der Waals surface area contributed by atoms with Gasteiger partial charge in [-0.1, -0.05) is 0 Å². The number of aliphatic hydroxyl groups excluding tert-OH is 1. The Morgan fingerprint density at radius 1 is 1.35 bits per heavy atom. The normalized spacial score (nSPS) is 20.1. The molecular formula is C20H27N5O5S. The quantitative estimate of drug-likeness (QED) is 0.403. The summed E-state index contributed by atoms with van der Waals surface area (Å²) in [5.74, 6) is -0.273. The molecule has 0 bridgehead atoms. The lowest BCUT2D eigenvalue weighted by Gasteiger charge is -2.33. The second-order valence-corrected chi connectivity index (χ2v) is 8.10. The number of thiazole rings is 1. The van der Waals surface area contributed by atoms with E-state index in [0.717, 1.165) is 10.7 Å². The van der Waals surface area contributed by atoms with Crippen molar-refractivity contribution >= 4 is 35.4 Å². The van der Waals surface area contributed by atoms with Crippen LogP contribution in [-0.2, 0) is 16.0 Å². The van der Waals surface area contributed by atoms with Gasteiger partial charge in [-0.3, -0.25) is 14.4 Å². The third-order valence-electron chi connectivity index (χ3n) is 4.86. The number of hydrogen-bond acceptors (Lipinski definition) is 8. The van der Waals surface area contributed by atoms with Crippen molar-refractivity contribution < 1.29 is 24.6 Å². The monoisotopic (exact) mass is 449 g/mol. The molecule has 31 heavy (non-hydrogen) atoms. The Balaban J connectivity index is 0.00000107. The van der Waals surface area contributed by atoms with Crippen molar-refractivity contribution in [3.8, 4) is 0 Å². The molecule has 11 heteroatoms. The number of rotatable bonds is 6. The average Bonchev–Trinajstić information content (AvgIpc) is 3.15. The number of anilines is 1. The van der Waals surface area contributed by atoms with Crippen LogP contribution in [0.3, 0.4) is 0 Å². The fraction of sp³-hybridized carbons (Fsp3) is 0.450. The lowest BCUT2D eigenvalue weighted by Crippen LogP contribution is -2.49. The van der Waals surface area contributed by atoms with Gasteiger partial charge in [-0.2, -0.15) is 0 Å². The second-order valence-electron chi connectivity index (χ2n) is 7.16. The van der Waals surface area contributed by atoms with E-state index in [1.165, 1.54) is 6.20 Å². The fourth-order valence-corrected chi connectivity index (χ4v) is 4.07. The third kappa shape index (κ3) is 7.61. The molecule has 2 aromatic heterocycles. The van der Waals surface area contributed by atoms with Crippen LogP contribution in [0.25, 0.3) is 0 Å². The highest BCUT2D eigenvalue weighted by molar-refractivity contribution is 7.09. The first-order valence-electron chi connectivity index (χ1n) is 9.81. The third-order valence-corrected chi connectivity index (χ3v) is 5.88. The predicted octanol–water partition coefficient (Wildman–Crippen LogP) is 0.748. The maximum atomic E-state index is 12.4. The van der Waals surface area contributed by atoms with Crippen molar-refractivity contribution in [3.05, 3.63) is 40.0 Å². The summed E-state index contributed by atoms with van der Waals surface area (Å²) in [6.45, 7) is 2.23. The van der Waals surface area contributed by atoms with E-state index in [4.69, 9.17) is 15.6 Å². The minimum atomic E-state index is -0.767. The van der Waals surface area contributed by atoms with Gasteiger partial charge >= 0.3 is 0 Å². The Hall–Kier alpha value is -3.05. The van der Waals surface area contributed by atoms with Crippen molar-refractivity contribution in [2.24, 2.45) is 5.92 Å². The largest absolute Gasteiger partial charge is 0.483 e. The van der Waals surface area contributed by atoms with Crippen molar-refractivity contribution in [3.63, 3.8) is 0 Å². The molecule has 3 rings (SSSR count). The van der Waals surface area contributed by atoms with E-state index < -0.39 is 6.10 Å². The number of nitrogen functional groups attached to an aromatic ring is 1. The van der Waals surface area contributed by atoms with Crippen LogP contribution < -0.4 is 16.4 Å². The van der Waals surface area contributed by atoms with Gasteiger partial charge in [-0.25, -0.2) is 9.97 Å². The van der Waals surface area contributed by atoms with Gasteiger partial charge in [0.25, 0.3) is 12.4 Å². The molecule has 6 N–H and O–H groups in total. The molecule has 0 aromatic carbocycles. The smallest absolute Gasteiger partial charge is 0.290 e. The van der Waals surface area contributed by atoms with E-state index in [9.17, 15) is 14.7 Å². The molecule has 168 valence electrons. The average molecular weight is 450 g/mol. The van der Waals surface area contributed by atoms with Crippen LogP contribution in [-0.4, -0.2) is 57.2 Å². The van der Waals surface area contributed by atoms with Gasteiger partial charge < -0.3 is 26.6 Å². The Bertz CT molecular complexity index is 873. The van der Waals surface area contributed by atoms with Gasteiger partial charge in [0, 0.05) is 36.2 Å².